The molecule has 112 valence electrons. The van der Waals surface area contributed by atoms with Crippen LogP contribution < -0.4 is 14.8 Å². The Morgan fingerprint density at radius 3 is 2.48 bits per heavy atom. The van der Waals surface area contributed by atoms with Crippen LogP contribution in [0.1, 0.15) is 26.3 Å². The molecule has 0 aliphatic heterocycles. The van der Waals surface area contributed by atoms with Crippen molar-refractivity contribution in [1.82, 2.24) is 4.98 Å². The highest BCUT2D eigenvalue weighted by molar-refractivity contribution is 5.46. The van der Waals surface area contributed by atoms with Gasteiger partial charge in [0.15, 0.2) is 0 Å². The molecule has 2 rings (SSSR count). The molecule has 0 unspecified atom stereocenters. The number of rotatable bonds is 4. The van der Waals surface area contributed by atoms with E-state index in [1.54, 1.807) is 7.11 Å². The summed E-state index contributed by atoms with van der Waals surface area (Å²) in [7, 11) is 3.50. The summed E-state index contributed by atoms with van der Waals surface area (Å²) in [6.07, 6.45) is 0. The summed E-state index contributed by atoms with van der Waals surface area (Å²) in [6, 6.07) is 11.5. The van der Waals surface area contributed by atoms with Crippen LogP contribution in [-0.4, -0.2) is 19.1 Å². The summed E-state index contributed by atoms with van der Waals surface area (Å²) < 4.78 is 11.3. The number of hydrogen-bond acceptors (Lipinski definition) is 4. The smallest absolute Gasteiger partial charge is 0.221 e. The molecule has 4 heteroatoms. The molecule has 0 radical (unpaired) electrons. The van der Waals surface area contributed by atoms with Crippen molar-refractivity contribution >= 4 is 5.82 Å². The number of aromatic nitrogens is 1. The number of ether oxygens (including phenoxy) is 2. The second kappa shape index (κ2) is 6.04. The number of pyridine rings is 1. The van der Waals surface area contributed by atoms with Gasteiger partial charge in [0.2, 0.25) is 5.88 Å². The molecule has 1 N–H and O–H groups in total. The maximum absolute atomic E-state index is 5.97. The molecule has 0 spiro atoms. The highest BCUT2D eigenvalue weighted by Gasteiger charge is 2.20. The quantitative estimate of drug-likeness (QED) is 0.913. The number of methoxy groups -OCH3 is 1. The molecular formula is C17H22N2O2. The monoisotopic (exact) mass is 286 g/mol. The number of anilines is 1. The lowest BCUT2D eigenvalue weighted by molar-refractivity contribution is 0.405. The van der Waals surface area contributed by atoms with Gasteiger partial charge < -0.3 is 14.8 Å². The molecule has 0 saturated heterocycles. The van der Waals surface area contributed by atoms with Crippen LogP contribution in [0.2, 0.25) is 0 Å². The molecule has 21 heavy (non-hydrogen) atoms. The molecule has 1 aromatic heterocycles. The minimum Gasteiger partial charge on any atom is -0.497 e. The number of benzene rings is 1. The number of nitrogens with zero attached hydrogens (tertiary/aromatic N) is 1. The van der Waals surface area contributed by atoms with E-state index in [2.05, 4.69) is 31.1 Å². The molecule has 1 aromatic carbocycles. The van der Waals surface area contributed by atoms with Gasteiger partial charge in [-0.25, -0.2) is 0 Å². The van der Waals surface area contributed by atoms with E-state index in [9.17, 15) is 0 Å². The van der Waals surface area contributed by atoms with Crippen LogP contribution in [0.15, 0.2) is 36.4 Å². The second-order valence-corrected chi connectivity index (χ2v) is 5.83. The van der Waals surface area contributed by atoms with Crippen molar-refractivity contribution in [2.45, 2.75) is 26.2 Å². The SMILES string of the molecule is CNc1cccc(Oc2ccc(OC)cc2C(C)(C)C)n1. The Morgan fingerprint density at radius 2 is 1.86 bits per heavy atom. The third kappa shape index (κ3) is 3.66. The fourth-order valence-corrected chi connectivity index (χ4v) is 2.03. The molecule has 0 atom stereocenters. The molecule has 0 saturated carbocycles. The molecule has 0 bridgehead atoms. The standard InChI is InChI=1S/C17H22N2O2/c1-17(2,3)13-11-12(20-5)9-10-14(13)21-16-8-6-7-15(18-4)19-16/h6-11H,1-5H3,(H,18,19). The lowest BCUT2D eigenvalue weighted by atomic mass is 9.86. The third-order valence-electron chi connectivity index (χ3n) is 3.19. The predicted octanol–water partition coefficient (Wildman–Crippen LogP) is 4.22. The van der Waals surface area contributed by atoms with Crippen molar-refractivity contribution < 1.29 is 9.47 Å². The van der Waals surface area contributed by atoms with Gasteiger partial charge in [-0.15, -0.1) is 0 Å². The van der Waals surface area contributed by atoms with Crippen LogP contribution in [0.5, 0.6) is 17.4 Å². The lowest BCUT2D eigenvalue weighted by Gasteiger charge is -2.23. The molecule has 0 aliphatic rings. The van der Waals surface area contributed by atoms with Gasteiger partial charge in [-0.05, 0) is 29.7 Å². The van der Waals surface area contributed by atoms with E-state index >= 15 is 0 Å². The Hall–Kier alpha value is -2.23. The van der Waals surface area contributed by atoms with E-state index in [1.165, 1.54) is 0 Å². The third-order valence-corrected chi connectivity index (χ3v) is 3.19. The molecule has 0 fully saturated rings. The minimum absolute atomic E-state index is 0.0511. The van der Waals surface area contributed by atoms with Gasteiger partial charge in [0.1, 0.15) is 17.3 Å². The van der Waals surface area contributed by atoms with Crippen LogP contribution in [0, 0.1) is 0 Å². The predicted molar refractivity (Wildman–Crippen MR) is 85.6 cm³/mol. The lowest BCUT2D eigenvalue weighted by Crippen LogP contribution is -2.13. The van der Waals surface area contributed by atoms with E-state index in [-0.39, 0.29) is 5.41 Å². The van der Waals surface area contributed by atoms with Gasteiger partial charge in [0.25, 0.3) is 0 Å². The van der Waals surface area contributed by atoms with Crippen molar-refractivity contribution in [3.8, 4) is 17.4 Å². The van der Waals surface area contributed by atoms with Crippen molar-refractivity contribution in [1.29, 1.82) is 0 Å². The Labute approximate surface area is 126 Å². The topological polar surface area (TPSA) is 43.4 Å². The highest BCUT2D eigenvalue weighted by atomic mass is 16.5. The summed E-state index contributed by atoms with van der Waals surface area (Å²) in [5.74, 6) is 2.96. The van der Waals surface area contributed by atoms with Crippen LogP contribution in [-0.2, 0) is 5.41 Å². The summed E-state index contributed by atoms with van der Waals surface area (Å²) in [4.78, 5) is 4.39. The molecular weight excluding hydrogens is 264 g/mol. The first kappa shape index (κ1) is 15.2. The maximum atomic E-state index is 5.97. The number of nitrogens with one attached hydrogen (secondary N) is 1. The van der Waals surface area contributed by atoms with Gasteiger partial charge in [-0.3, -0.25) is 0 Å². The van der Waals surface area contributed by atoms with Gasteiger partial charge >= 0.3 is 0 Å². The van der Waals surface area contributed by atoms with Crippen molar-refractivity contribution in [2.24, 2.45) is 0 Å². The van der Waals surface area contributed by atoms with E-state index in [1.807, 2.05) is 43.4 Å². The summed E-state index contributed by atoms with van der Waals surface area (Å²) in [5.41, 5.74) is 1.03. The Bertz CT molecular complexity index is 618. The van der Waals surface area contributed by atoms with Gasteiger partial charge in [-0.1, -0.05) is 26.8 Å². The molecule has 0 aliphatic carbocycles. The molecule has 4 nitrogen and oxygen atoms in total. The van der Waals surface area contributed by atoms with Crippen LogP contribution in [0.4, 0.5) is 5.82 Å². The second-order valence-electron chi connectivity index (χ2n) is 5.83. The zero-order valence-corrected chi connectivity index (χ0v) is 13.2. The first-order valence-corrected chi connectivity index (χ1v) is 6.95. The van der Waals surface area contributed by atoms with E-state index in [4.69, 9.17) is 9.47 Å². The van der Waals surface area contributed by atoms with Crippen LogP contribution in [0.3, 0.4) is 0 Å². The zero-order valence-electron chi connectivity index (χ0n) is 13.2. The van der Waals surface area contributed by atoms with Crippen molar-refractivity contribution in [3.05, 3.63) is 42.0 Å². The molecule has 2 aromatic rings. The Balaban J connectivity index is 2.39. The zero-order chi connectivity index (χ0) is 15.5. The first-order valence-electron chi connectivity index (χ1n) is 6.95. The Kier molecular flexibility index (Phi) is 4.36. The summed E-state index contributed by atoms with van der Waals surface area (Å²) in [5, 5.41) is 3.01. The highest BCUT2D eigenvalue weighted by Crippen LogP contribution is 2.36. The van der Waals surface area contributed by atoms with E-state index < -0.39 is 0 Å². The van der Waals surface area contributed by atoms with Gasteiger partial charge in [0.05, 0.1) is 7.11 Å². The molecule has 0 amide bonds. The van der Waals surface area contributed by atoms with Crippen molar-refractivity contribution in [2.75, 3.05) is 19.5 Å². The maximum Gasteiger partial charge on any atom is 0.221 e. The largest absolute Gasteiger partial charge is 0.497 e. The van der Waals surface area contributed by atoms with Crippen LogP contribution >= 0.6 is 0 Å². The number of hydrogen-bond donors (Lipinski definition) is 1. The van der Waals surface area contributed by atoms with Gasteiger partial charge in [0, 0.05) is 18.7 Å². The fourth-order valence-electron chi connectivity index (χ4n) is 2.03. The average molecular weight is 286 g/mol. The van der Waals surface area contributed by atoms with E-state index in [0.717, 1.165) is 22.9 Å². The fraction of sp³-hybridized carbons (Fsp3) is 0.353. The van der Waals surface area contributed by atoms with Crippen LogP contribution in [0.25, 0.3) is 0 Å². The summed E-state index contributed by atoms with van der Waals surface area (Å²) in [6.45, 7) is 6.43. The summed E-state index contributed by atoms with van der Waals surface area (Å²) >= 11 is 0. The van der Waals surface area contributed by atoms with Crippen molar-refractivity contribution in [3.63, 3.8) is 0 Å². The minimum atomic E-state index is -0.0511. The van der Waals surface area contributed by atoms with Gasteiger partial charge in [-0.2, -0.15) is 4.98 Å². The average Bonchev–Trinajstić information content (AvgIpc) is 2.46. The Morgan fingerprint density at radius 1 is 1.10 bits per heavy atom. The van der Waals surface area contributed by atoms with E-state index in [0.29, 0.717) is 5.88 Å². The first-order chi connectivity index (χ1) is 9.94. The normalized spacial score (nSPS) is 11.1. The molecule has 1 heterocycles.